The highest BCUT2D eigenvalue weighted by Gasteiger charge is 2.23. The molecule has 0 saturated carbocycles. The Morgan fingerprint density at radius 3 is 3.00 bits per heavy atom. The summed E-state index contributed by atoms with van der Waals surface area (Å²) in [5, 5.41) is 14.2. The molecule has 1 aromatic carbocycles. The number of benzene rings is 1. The van der Waals surface area contributed by atoms with Crippen LogP contribution in [0.1, 0.15) is 23.8 Å². The monoisotopic (exact) mass is 428 g/mol. The van der Waals surface area contributed by atoms with E-state index in [1.807, 2.05) is 0 Å². The molecule has 0 bridgehead atoms. The fourth-order valence-electron chi connectivity index (χ4n) is 3.72. The van der Waals surface area contributed by atoms with Gasteiger partial charge >= 0.3 is 0 Å². The van der Waals surface area contributed by atoms with Crippen molar-refractivity contribution in [2.45, 2.75) is 32.7 Å². The molecule has 2 aromatic heterocycles. The van der Waals surface area contributed by atoms with E-state index in [1.165, 1.54) is 41.1 Å². The number of non-ortho nitro benzene ring substituents is 1. The number of hydrogen-bond donors (Lipinski definition) is 1. The van der Waals surface area contributed by atoms with Gasteiger partial charge in [0, 0.05) is 10.9 Å². The van der Waals surface area contributed by atoms with E-state index in [4.69, 9.17) is 4.74 Å². The summed E-state index contributed by atoms with van der Waals surface area (Å²) in [5.41, 5.74) is 0.986. The topological polar surface area (TPSA) is 116 Å². The number of hydrogen-bond acceptors (Lipinski definition) is 7. The first-order valence-electron chi connectivity index (χ1n) is 9.49. The molecular formula is C20H20N4O5S. The van der Waals surface area contributed by atoms with Crippen LogP contribution in [-0.2, 0) is 24.2 Å². The van der Waals surface area contributed by atoms with E-state index in [-0.39, 0.29) is 29.2 Å². The Labute approximate surface area is 175 Å². The van der Waals surface area contributed by atoms with Gasteiger partial charge < -0.3 is 10.1 Å². The summed E-state index contributed by atoms with van der Waals surface area (Å²) in [5.74, 6) is 0.304. The van der Waals surface area contributed by atoms with Crippen molar-refractivity contribution in [2.24, 2.45) is 5.92 Å². The van der Waals surface area contributed by atoms with Gasteiger partial charge in [0.2, 0.25) is 5.91 Å². The molecule has 0 saturated heterocycles. The minimum Gasteiger partial charge on any atom is -0.494 e. The summed E-state index contributed by atoms with van der Waals surface area (Å²) < 4.78 is 6.42. The highest BCUT2D eigenvalue weighted by molar-refractivity contribution is 7.18. The molecule has 0 spiro atoms. The number of aromatic nitrogens is 2. The predicted molar refractivity (Wildman–Crippen MR) is 113 cm³/mol. The number of fused-ring (bicyclic) bond motifs is 3. The first-order chi connectivity index (χ1) is 14.4. The zero-order valence-corrected chi connectivity index (χ0v) is 17.3. The average molecular weight is 428 g/mol. The second-order valence-electron chi connectivity index (χ2n) is 7.40. The third-order valence-electron chi connectivity index (χ3n) is 5.27. The van der Waals surface area contributed by atoms with Crippen molar-refractivity contribution in [1.82, 2.24) is 9.55 Å². The van der Waals surface area contributed by atoms with Gasteiger partial charge in [-0.3, -0.25) is 24.3 Å². The molecule has 0 fully saturated rings. The van der Waals surface area contributed by atoms with E-state index in [1.54, 1.807) is 11.3 Å². The third-order valence-corrected chi connectivity index (χ3v) is 6.43. The van der Waals surface area contributed by atoms with Crippen LogP contribution < -0.4 is 15.6 Å². The van der Waals surface area contributed by atoms with Crippen molar-refractivity contribution in [2.75, 3.05) is 12.4 Å². The maximum atomic E-state index is 13.0. The number of carbonyl (C=O) groups is 1. The van der Waals surface area contributed by atoms with Crippen molar-refractivity contribution >= 4 is 38.8 Å². The Bertz CT molecular complexity index is 1220. The van der Waals surface area contributed by atoms with Crippen LogP contribution in [0.3, 0.4) is 0 Å². The van der Waals surface area contributed by atoms with Crippen LogP contribution in [-0.4, -0.2) is 27.5 Å². The standard InChI is InChI=1S/C20H20N4O5S/c1-11-3-5-13-16(7-11)30-19-18(13)20(26)23(10-21-19)9-17(25)22-14-6-4-12(24(27)28)8-15(14)29-2/h4,6,8,10-11H,3,5,7,9H2,1-2H3,(H,22,25). The SMILES string of the molecule is COc1cc([N+](=O)[O-])ccc1NC(=O)Cn1cnc2sc3c(c2c1=O)CCC(C)C3. The molecule has 30 heavy (non-hydrogen) atoms. The Morgan fingerprint density at radius 2 is 2.27 bits per heavy atom. The fraction of sp³-hybridized carbons (Fsp3) is 0.350. The molecule has 4 rings (SSSR count). The number of anilines is 1. The molecule has 0 radical (unpaired) electrons. The minimum absolute atomic E-state index is 0.146. The van der Waals surface area contributed by atoms with Crippen LogP contribution >= 0.6 is 11.3 Å². The van der Waals surface area contributed by atoms with Crippen molar-refractivity contribution in [3.8, 4) is 5.75 Å². The van der Waals surface area contributed by atoms with Crippen molar-refractivity contribution < 1.29 is 14.5 Å². The van der Waals surface area contributed by atoms with E-state index >= 15 is 0 Å². The van der Waals surface area contributed by atoms with Crippen LogP contribution in [0.5, 0.6) is 5.75 Å². The molecule has 1 aliphatic rings. The van der Waals surface area contributed by atoms with Gasteiger partial charge in [0.05, 0.1) is 35.5 Å². The van der Waals surface area contributed by atoms with Gasteiger partial charge in [-0.2, -0.15) is 0 Å². The maximum absolute atomic E-state index is 13.0. The van der Waals surface area contributed by atoms with Gasteiger partial charge in [-0.1, -0.05) is 6.92 Å². The van der Waals surface area contributed by atoms with Crippen LogP contribution in [0.2, 0.25) is 0 Å². The lowest BCUT2D eigenvalue weighted by molar-refractivity contribution is -0.384. The summed E-state index contributed by atoms with van der Waals surface area (Å²) in [4.78, 5) is 42.3. The summed E-state index contributed by atoms with van der Waals surface area (Å²) >= 11 is 1.56. The zero-order chi connectivity index (χ0) is 21.4. The van der Waals surface area contributed by atoms with E-state index in [0.29, 0.717) is 16.1 Å². The smallest absolute Gasteiger partial charge is 0.273 e. The molecular weight excluding hydrogens is 408 g/mol. The fourth-order valence-corrected chi connectivity index (χ4v) is 5.06. The number of rotatable bonds is 5. The number of nitro groups is 1. The zero-order valence-electron chi connectivity index (χ0n) is 16.5. The maximum Gasteiger partial charge on any atom is 0.273 e. The van der Waals surface area contributed by atoms with E-state index in [0.717, 1.165) is 24.8 Å². The molecule has 10 heteroatoms. The number of nitrogens with one attached hydrogen (secondary N) is 1. The van der Waals surface area contributed by atoms with Gasteiger partial charge in [0.1, 0.15) is 17.1 Å². The second-order valence-corrected chi connectivity index (χ2v) is 8.48. The lowest BCUT2D eigenvalue weighted by Crippen LogP contribution is -2.28. The molecule has 156 valence electrons. The van der Waals surface area contributed by atoms with Gasteiger partial charge in [-0.05, 0) is 36.8 Å². The minimum atomic E-state index is -0.545. The number of methoxy groups -OCH3 is 1. The van der Waals surface area contributed by atoms with Crippen molar-refractivity contribution in [3.05, 3.63) is 55.4 Å². The highest BCUT2D eigenvalue weighted by Crippen LogP contribution is 2.35. The molecule has 9 nitrogen and oxygen atoms in total. The van der Waals surface area contributed by atoms with Crippen LogP contribution in [0.25, 0.3) is 10.2 Å². The number of thiophene rings is 1. The molecule has 1 unspecified atom stereocenters. The highest BCUT2D eigenvalue weighted by atomic mass is 32.1. The van der Waals surface area contributed by atoms with Crippen LogP contribution in [0.4, 0.5) is 11.4 Å². The lowest BCUT2D eigenvalue weighted by atomic mass is 9.89. The van der Waals surface area contributed by atoms with Crippen LogP contribution in [0, 0.1) is 16.0 Å². The van der Waals surface area contributed by atoms with Crippen molar-refractivity contribution in [3.63, 3.8) is 0 Å². The summed E-state index contributed by atoms with van der Waals surface area (Å²) in [6.07, 6.45) is 4.23. The Kier molecular flexibility index (Phi) is 5.25. The second kappa shape index (κ2) is 7.86. The number of nitro benzene ring substituents is 1. The van der Waals surface area contributed by atoms with Crippen LogP contribution in [0.15, 0.2) is 29.3 Å². The van der Waals surface area contributed by atoms with E-state index in [2.05, 4.69) is 17.2 Å². The molecule has 1 atom stereocenters. The number of nitrogens with zero attached hydrogens (tertiary/aromatic N) is 3. The molecule has 1 amide bonds. The predicted octanol–water partition coefficient (Wildman–Crippen LogP) is 3.14. The van der Waals surface area contributed by atoms with Gasteiger partial charge in [-0.15, -0.1) is 11.3 Å². The Morgan fingerprint density at radius 1 is 1.47 bits per heavy atom. The molecule has 2 heterocycles. The lowest BCUT2D eigenvalue weighted by Gasteiger charge is -2.17. The number of aryl methyl sites for hydroxylation is 1. The number of amides is 1. The summed E-state index contributed by atoms with van der Waals surface area (Å²) in [7, 11) is 1.36. The summed E-state index contributed by atoms with van der Waals surface area (Å²) in [6.45, 7) is 1.98. The van der Waals surface area contributed by atoms with Crippen molar-refractivity contribution in [1.29, 1.82) is 0 Å². The largest absolute Gasteiger partial charge is 0.494 e. The summed E-state index contributed by atoms with van der Waals surface area (Å²) in [6, 6.07) is 3.90. The van der Waals surface area contributed by atoms with Gasteiger partial charge in [0.15, 0.2) is 0 Å². The van der Waals surface area contributed by atoms with E-state index in [9.17, 15) is 19.7 Å². The third kappa shape index (κ3) is 3.65. The Hall–Kier alpha value is -3.27. The molecule has 1 N–H and O–H groups in total. The first-order valence-corrected chi connectivity index (χ1v) is 10.3. The molecule has 1 aliphatic carbocycles. The molecule has 3 aromatic rings. The normalized spacial score (nSPS) is 15.6. The average Bonchev–Trinajstić information content (AvgIpc) is 3.08. The number of ether oxygens (including phenoxy) is 1. The van der Waals surface area contributed by atoms with Gasteiger partial charge in [0.25, 0.3) is 11.2 Å². The quantitative estimate of drug-likeness (QED) is 0.493. The number of carbonyl (C=O) groups excluding carboxylic acids is 1. The molecule has 0 aliphatic heterocycles. The van der Waals surface area contributed by atoms with E-state index < -0.39 is 10.8 Å². The first kappa shape index (κ1) is 20.0. The van der Waals surface area contributed by atoms with Gasteiger partial charge in [-0.25, -0.2) is 4.98 Å². The Balaban J connectivity index is 1.59.